The fraction of sp³-hybridized carbons (Fsp3) is 0.400. The standard InChI is InChI=1S/C10H11BrFNO2S/c1-6-2-5-8(11)9(12)10(6)16(14,15)13-7-3-4-7/h2,5,7,13H,3-4H2,1H3. The van der Waals surface area contributed by atoms with Crippen LogP contribution in [0.15, 0.2) is 21.5 Å². The summed E-state index contributed by atoms with van der Waals surface area (Å²) in [7, 11) is -3.74. The number of benzene rings is 1. The van der Waals surface area contributed by atoms with E-state index in [4.69, 9.17) is 0 Å². The van der Waals surface area contributed by atoms with E-state index in [0.717, 1.165) is 12.8 Å². The van der Waals surface area contributed by atoms with Crippen molar-refractivity contribution in [1.82, 2.24) is 4.72 Å². The van der Waals surface area contributed by atoms with Gasteiger partial charge in [-0.15, -0.1) is 0 Å². The van der Waals surface area contributed by atoms with Crippen LogP contribution in [0.25, 0.3) is 0 Å². The third kappa shape index (κ3) is 2.28. The van der Waals surface area contributed by atoms with E-state index in [1.54, 1.807) is 13.0 Å². The fourth-order valence-corrected chi connectivity index (χ4v) is 3.53. The van der Waals surface area contributed by atoms with E-state index in [1.807, 2.05) is 0 Å². The summed E-state index contributed by atoms with van der Waals surface area (Å²) >= 11 is 2.99. The molecule has 3 nitrogen and oxygen atoms in total. The lowest BCUT2D eigenvalue weighted by Gasteiger charge is -2.10. The molecule has 0 aromatic heterocycles. The van der Waals surface area contributed by atoms with Crippen molar-refractivity contribution in [3.63, 3.8) is 0 Å². The monoisotopic (exact) mass is 307 g/mol. The highest BCUT2D eigenvalue weighted by Gasteiger charge is 2.31. The molecular formula is C10H11BrFNO2S. The van der Waals surface area contributed by atoms with Crippen LogP contribution in [0.2, 0.25) is 0 Å². The number of halogens is 2. The number of aryl methyl sites for hydroxylation is 1. The Morgan fingerprint density at radius 1 is 1.44 bits per heavy atom. The Labute approximate surface area is 102 Å². The summed E-state index contributed by atoms with van der Waals surface area (Å²) in [6, 6.07) is 3.05. The first-order chi connectivity index (χ1) is 7.42. The van der Waals surface area contributed by atoms with Crippen molar-refractivity contribution >= 4 is 26.0 Å². The Kier molecular flexibility index (Phi) is 3.07. The first-order valence-electron chi connectivity index (χ1n) is 4.89. The summed E-state index contributed by atoms with van der Waals surface area (Å²) in [5, 5.41) is 0. The number of hydrogen-bond donors (Lipinski definition) is 1. The fourth-order valence-electron chi connectivity index (χ4n) is 1.44. The Hall–Kier alpha value is -0.460. The van der Waals surface area contributed by atoms with Gasteiger partial charge < -0.3 is 0 Å². The minimum atomic E-state index is -3.74. The van der Waals surface area contributed by atoms with Crippen molar-refractivity contribution in [2.24, 2.45) is 0 Å². The van der Waals surface area contributed by atoms with Crippen molar-refractivity contribution in [2.45, 2.75) is 30.7 Å². The second-order valence-corrected chi connectivity index (χ2v) is 6.41. The second kappa shape index (κ2) is 4.09. The molecule has 0 spiro atoms. The van der Waals surface area contributed by atoms with Gasteiger partial charge in [-0.25, -0.2) is 17.5 Å². The van der Waals surface area contributed by atoms with Crippen LogP contribution in [0.3, 0.4) is 0 Å². The van der Waals surface area contributed by atoms with Gasteiger partial charge in [0.05, 0.1) is 4.47 Å². The summed E-state index contributed by atoms with van der Waals surface area (Å²) in [6.07, 6.45) is 1.65. The molecule has 16 heavy (non-hydrogen) atoms. The van der Waals surface area contributed by atoms with E-state index in [1.165, 1.54) is 6.07 Å². The lowest BCUT2D eigenvalue weighted by atomic mass is 10.2. The molecule has 0 unspecified atom stereocenters. The minimum Gasteiger partial charge on any atom is -0.208 e. The van der Waals surface area contributed by atoms with Gasteiger partial charge in [0, 0.05) is 6.04 Å². The van der Waals surface area contributed by atoms with Crippen molar-refractivity contribution in [3.05, 3.63) is 28.0 Å². The molecule has 0 bridgehead atoms. The van der Waals surface area contributed by atoms with Crippen molar-refractivity contribution < 1.29 is 12.8 Å². The van der Waals surface area contributed by atoms with Crippen LogP contribution in [0.5, 0.6) is 0 Å². The van der Waals surface area contributed by atoms with Gasteiger partial charge in [-0.2, -0.15) is 0 Å². The van der Waals surface area contributed by atoms with E-state index in [2.05, 4.69) is 20.7 Å². The molecule has 1 saturated carbocycles. The molecule has 1 aromatic rings. The molecule has 0 saturated heterocycles. The maximum absolute atomic E-state index is 13.8. The summed E-state index contributed by atoms with van der Waals surface area (Å²) in [5.74, 6) is -0.729. The lowest BCUT2D eigenvalue weighted by Crippen LogP contribution is -2.27. The van der Waals surface area contributed by atoms with Crippen LogP contribution in [-0.4, -0.2) is 14.5 Å². The Bertz CT molecular complexity index is 526. The zero-order valence-corrected chi connectivity index (χ0v) is 11.0. The highest BCUT2D eigenvalue weighted by atomic mass is 79.9. The van der Waals surface area contributed by atoms with Gasteiger partial charge in [0.1, 0.15) is 4.90 Å². The maximum atomic E-state index is 13.8. The van der Waals surface area contributed by atoms with Gasteiger partial charge in [-0.3, -0.25) is 0 Å². The highest BCUT2D eigenvalue weighted by Crippen LogP contribution is 2.28. The molecule has 0 aliphatic heterocycles. The Morgan fingerprint density at radius 2 is 2.06 bits per heavy atom. The lowest BCUT2D eigenvalue weighted by molar-refractivity contribution is 0.551. The van der Waals surface area contributed by atoms with E-state index < -0.39 is 15.8 Å². The smallest absolute Gasteiger partial charge is 0.208 e. The molecule has 0 radical (unpaired) electrons. The number of rotatable bonds is 3. The molecule has 0 atom stereocenters. The summed E-state index contributed by atoms with van der Waals surface area (Å²) in [6.45, 7) is 1.58. The maximum Gasteiger partial charge on any atom is 0.244 e. The van der Waals surface area contributed by atoms with Crippen molar-refractivity contribution in [3.8, 4) is 0 Å². The van der Waals surface area contributed by atoms with Crippen LogP contribution in [0.4, 0.5) is 4.39 Å². The zero-order valence-electron chi connectivity index (χ0n) is 8.63. The van der Waals surface area contributed by atoms with Gasteiger partial charge in [0.25, 0.3) is 0 Å². The number of hydrogen-bond acceptors (Lipinski definition) is 2. The van der Waals surface area contributed by atoms with Crippen LogP contribution < -0.4 is 4.72 Å². The SMILES string of the molecule is Cc1ccc(Br)c(F)c1S(=O)(=O)NC1CC1. The molecular weight excluding hydrogens is 297 g/mol. The topological polar surface area (TPSA) is 46.2 Å². The first-order valence-corrected chi connectivity index (χ1v) is 7.16. The van der Waals surface area contributed by atoms with Crippen LogP contribution in [0, 0.1) is 12.7 Å². The quantitative estimate of drug-likeness (QED) is 0.931. The third-order valence-corrected chi connectivity index (χ3v) is 4.71. The minimum absolute atomic E-state index is 0.0252. The van der Waals surface area contributed by atoms with Crippen molar-refractivity contribution in [2.75, 3.05) is 0 Å². The molecule has 1 aliphatic carbocycles. The normalized spacial score (nSPS) is 16.4. The van der Waals surface area contributed by atoms with Gasteiger partial charge in [-0.1, -0.05) is 6.07 Å². The molecule has 1 aromatic carbocycles. The molecule has 88 valence electrons. The van der Waals surface area contributed by atoms with E-state index in [0.29, 0.717) is 5.56 Å². The summed E-state index contributed by atoms with van der Waals surface area (Å²) in [4.78, 5) is -0.256. The molecule has 1 aliphatic rings. The van der Waals surface area contributed by atoms with Gasteiger partial charge in [0.2, 0.25) is 10.0 Å². The van der Waals surface area contributed by atoms with Crippen LogP contribution in [-0.2, 0) is 10.0 Å². The predicted molar refractivity (Wildman–Crippen MR) is 62.2 cm³/mol. The van der Waals surface area contributed by atoms with Crippen molar-refractivity contribution in [1.29, 1.82) is 0 Å². The molecule has 1 N–H and O–H groups in total. The Morgan fingerprint density at radius 3 is 2.62 bits per heavy atom. The highest BCUT2D eigenvalue weighted by molar-refractivity contribution is 9.10. The average molecular weight is 308 g/mol. The van der Waals surface area contributed by atoms with E-state index in [-0.39, 0.29) is 15.4 Å². The Balaban J connectivity index is 2.49. The number of sulfonamides is 1. The van der Waals surface area contributed by atoms with Gasteiger partial charge in [0.15, 0.2) is 5.82 Å². The average Bonchev–Trinajstić information content (AvgIpc) is 2.94. The summed E-state index contributed by atoms with van der Waals surface area (Å²) in [5.41, 5.74) is 0.411. The second-order valence-electron chi connectivity index (χ2n) is 3.90. The molecule has 2 rings (SSSR count). The van der Waals surface area contributed by atoms with Gasteiger partial charge in [-0.05, 0) is 47.3 Å². The first kappa shape index (κ1) is 12.0. The predicted octanol–water partition coefficient (Wildman–Crippen LogP) is 2.34. The van der Waals surface area contributed by atoms with Crippen LogP contribution in [0.1, 0.15) is 18.4 Å². The van der Waals surface area contributed by atoms with Gasteiger partial charge >= 0.3 is 0 Å². The van der Waals surface area contributed by atoms with Crippen LogP contribution >= 0.6 is 15.9 Å². The third-order valence-electron chi connectivity index (χ3n) is 2.41. The molecule has 1 fully saturated rings. The molecule has 0 heterocycles. The largest absolute Gasteiger partial charge is 0.244 e. The summed E-state index contributed by atoms with van der Waals surface area (Å²) < 4.78 is 40.2. The zero-order chi connectivity index (χ0) is 11.9. The van der Waals surface area contributed by atoms with E-state index >= 15 is 0 Å². The molecule has 6 heteroatoms. The number of nitrogens with one attached hydrogen (secondary N) is 1. The van der Waals surface area contributed by atoms with E-state index in [9.17, 15) is 12.8 Å². The molecule has 0 amide bonds.